The van der Waals surface area contributed by atoms with Crippen molar-refractivity contribution in [3.8, 4) is 0 Å². The molecule has 0 aromatic heterocycles. The maximum absolute atomic E-state index is 9.66. The predicted molar refractivity (Wildman–Crippen MR) is 75.1 cm³/mol. The van der Waals surface area contributed by atoms with E-state index in [-0.39, 0.29) is 0 Å². The van der Waals surface area contributed by atoms with Crippen LogP contribution in [0, 0.1) is 0 Å². The minimum atomic E-state index is -1.69. The Morgan fingerprint density at radius 3 is 1.09 bits per heavy atom. The molecule has 136 valence electrons. The van der Waals surface area contributed by atoms with Gasteiger partial charge in [-0.3, -0.25) is 0 Å². The molecule has 0 heterocycles. The average molecular weight is 372 g/mol. The summed E-state index contributed by atoms with van der Waals surface area (Å²) in [6.07, 6.45) is 0.646. The third kappa shape index (κ3) is 26.7. The van der Waals surface area contributed by atoms with Gasteiger partial charge in [0, 0.05) is 0 Å². The van der Waals surface area contributed by atoms with E-state index in [0.29, 0.717) is 12.2 Å². The molecule has 23 heavy (non-hydrogen) atoms. The number of hydrogen-bond donors (Lipinski definition) is 2. The summed E-state index contributed by atoms with van der Waals surface area (Å²) in [6.45, 7) is 12.7. The molecule has 2 N–H and O–H groups in total. The fraction of sp³-hybridized carbons (Fsp3) is 0.857. The molecule has 0 saturated heterocycles. The molecule has 0 unspecified atom stereocenters. The molecule has 0 aliphatic rings. The van der Waals surface area contributed by atoms with E-state index in [4.69, 9.17) is 16.8 Å². The molecule has 0 amide bonds. The Morgan fingerprint density at radius 2 is 1.00 bits per heavy atom. The Balaban J connectivity index is -0.000000264. The van der Waals surface area contributed by atoms with Crippen molar-refractivity contribution in [1.82, 2.24) is 0 Å². The molecule has 9 heteroatoms. The zero-order chi connectivity index (χ0) is 19.4. The summed E-state index contributed by atoms with van der Waals surface area (Å²) in [4.78, 5) is 19.3. The first-order chi connectivity index (χ1) is 10.0. The van der Waals surface area contributed by atoms with E-state index in [0.717, 1.165) is 27.7 Å². The van der Waals surface area contributed by atoms with Crippen LogP contribution in [0.2, 0.25) is 0 Å². The summed E-state index contributed by atoms with van der Waals surface area (Å²) in [7, 11) is 0. The van der Waals surface area contributed by atoms with Gasteiger partial charge in [-0.25, -0.2) is 0 Å². The summed E-state index contributed by atoms with van der Waals surface area (Å²) in [5.74, 6) is -2.90. The molecule has 0 aromatic rings. The van der Waals surface area contributed by atoms with Gasteiger partial charge < -0.3 is 30.0 Å². The van der Waals surface area contributed by atoms with Crippen LogP contribution < -0.4 is 10.2 Å². The number of carboxylic acid groups (broad SMARTS) is 2. The second kappa shape index (κ2) is 12.9. The molecule has 0 atom stereocenters. The van der Waals surface area contributed by atoms with Crippen LogP contribution in [0.25, 0.3) is 0 Å². The predicted octanol–water partition coefficient (Wildman–Crippen LogP) is -1.24. The Morgan fingerprint density at radius 1 is 0.826 bits per heavy atom. The molecular formula is C14H28O8Ti. The molecule has 0 spiro atoms. The number of aliphatic hydroxyl groups is 2. The molecular weight excluding hydrogens is 344 g/mol. The van der Waals surface area contributed by atoms with Gasteiger partial charge in [0.25, 0.3) is 0 Å². The second-order valence-corrected chi connectivity index (χ2v) is 7.11. The van der Waals surface area contributed by atoms with E-state index < -0.39 is 43.1 Å². The van der Waals surface area contributed by atoms with E-state index in [1.54, 1.807) is 0 Å². The van der Waals surface area contributed by atoms with Gasteiger partial charge in [0.05, 0.1) is 23.1 Å². The van der Waals surface area contributed by atoms with Crippen molar-refractivity contribution in [3.63, 3.8) is 0 Å². The van der Waals surface area contributed by atoms with Crippen molar-refractivity contribution in [3.05, 3.63) is 0 Å². The van der Waals surface area contributed by atoms with Crippen LogP contribution in [0.15, 0.2) is 0 Å². The van der Waals surface area contributed by atoms with Gasteiger partial charge in [0.2, 0.25) is 0 Å². The topological polar surface area (TPSA) is 139 Å². The quantitative estimate of drug-likeness (QED) is 0.552. The molecule has 0 fully saturated rings. The van der Waals surface area contributed by atoms with Crippen LogP contribution in [-0.4, -0.2) is 45.6 Å². The molecule has 0 radical (unpaired) electrons. The van der Waals surface area contributed by atoms with E-state index >= 15 is 0 Å². The number of aliphatic carboxylic acids is 2. The number of rotatable bonds is 6. The molecule has 0 saturated carbocycles. The van der Waals surface area contributed by atoms with Crippen LogP contribution in [-0.2, 0) is 36.2 Å². The molecule has 0 aliphatic heterocycles. The molecule has 0 aromatic carbocycles. The Labute approximate surface area is 147 Å². The van der Waals surface area contributed by atoms with Crippen molar-refractivity contribution in [2.24, 2.45) is 0 Å². The number of carbonyl (C=O) groups is 2. The molecule has 0 bridgehead atoms. The molecule has 8 nitrogen and oxygen atoms in total. The van der Waals surface area contributed by atoms with Gasteiger partial charge >= 0.3 is 66.5 Å². The summed E-state index contributed by atoms with van der Waals surface area (Å²) in [5, 5.41) is 36.2. The monoisotopic (exact) mass is 372 g/mol. The van der Waals surface area contributed by atoms with Crippen LogP contribution in [0.5, 0.6) is 0 Å². The number of carboxylic acids is 2. The van der Waals surface area contributed by atoms with Crippen LogP contribution in [0.1, 0.15) is 55.4 Å². The third-order valence-corrected chi connectivity index (χ3v) is 3.34. The second-order valence-electron chi connectivity index (χ2n) is 6.11. The van der Waals surface area contributed by atoms with Gasteiger partial charge in [0.15, 0.2) is 0 Å². The maximum atomic E-state index is 9.66. The van der Waals surface area contributed by atoms with Gasteiger partial charge in [-0.15, -0.1) is 0 Å². The first kappa shape index (κ1) is 27.3. The van der Waals surface area contributed by atoms with Gasteiger partial charge in [-0.2, -0.15) is 0 Å². The minimum absolute atomic E-state index is 0.323. The normalized spacial score (nSPS) is 11.0. The van der Waals surface area contributed by atoms with Crippen LogP contribution in [0.3, 0.4) is 0 Å². The van der Waals surface area contributed by atoms with E-state index in [2.05, 4.69) is 0 Å². The van der Waals surface area contributed by atoms with Crippen LogP contribution >= 0.6 is 0 Å². The van der Waals surface area contributed by atoms with E-state index in [1.165, 1.54) is 0 Å². The van der Waals surface area contributed by atoms with Gasteiger partial charge in [-0.1, -0.05) is 0 Å². The van der Waals surface area contributed by atoms with Crippen molar-refractivity contribution < 1.29 is 56.6 Å². The van der Waals surface area contributed by atoms with Crippen molar-refractivity contribution in [2.45, 2.75) is 78.8 Å². The van der Waals surface area contributed by atoms with Gasteiger partial charge in [0.1, 0.15) is 0 Å². The zero-order valence-corrected chi connectivity index (χ0v) is 16.6. The van der Waals surface area contributed by atoms with Crippen molar-refractivity contribution in [2.75, 3.05) is 0 Å². The Bertz CT molecular complexity index is 297. The molecule has 0 rings (SSSR count). The summed E-state index contributed by atoms with van der Waals surface area (Å²) in [6, 6.07) is 0. The first-order valence-corrected chi connectivity index (χ1v) is 8.23. The van der Waals surface area contributed by atoms with Crippen molar-refractivity contribution in [1.29, 1.82) is 0 Å². The summed E-state index contributed by atoms with van der Waals surface area (Å²) in [5.41, 5.74) is -3.39. The summed E-state index contributed by atoms with van der Waals surface area (Å²) >= 11 is -0.574. The van der Waals surface area contributed by atoms with Crippen molar-refractivity contribution >= 4 is 11.9 Å². The number of carbonyl (C=O) groups excluding carboxylic acids is 2. The summed E-state index contributed by atoms with van der Waals surface area (Å²) < 4.78 is 10.5. The molecule has 0 aliphatic carbocycles. The average Bonchev–Trinajstić information content (AvgIpc) is 2.26. The Kier molecular flexibility index (Phi) is 15.3. The van der Waals surface area contributed by atoms with E-state index in [9.17, 15) is 19.8 Å². The first-order valence-electron chi connectivity index (χ1n) is 6.95. The fourth-order valence-electron chi connectivity index (χ4n) is 0.220. The van der Waals surface area contributed by atoms with Gasteiger partial charge in [-0.05, 0) is 27.7 Å². The number of hydrogen-bond acceptors (Lipinski definition) is 8. The third-order valence-electron chi connectivity index (χ3n) is 1.57. The Hall–Kier alpha value is -0.506. The fourth-order valence-corrected chi connectivity index (χ4v) is 0.908. The standard InChI is InChI=1S/2C4H8O3.2C3H7O.Ti/c2*1-4(2,7)3(5)6;2*1-3(2)4;/h2*7H,1-2H3,(H,5,6);2*3H,1-2H3;/q;;2*-1;+4/p-2. The zero-order valence-electron chi connectivity index (χ0n) is 15.0. The van der Waals surface area contributed by atoms with E-state index in [1.807, 2.05) is 27.7 Å². The SMILES string of the molecule is CC(C)(O)C(=O)[O-].CC(C)(O)C(=O)[O-].CC(C)[O][Ti+2][O]C(C)C. The van der Waals surface area contributed by atoms with Crippen LogP contribution in [0.4, 0.5) is 0 Å².